The number of hydrogen-bond donors (Lipinski definition) is 3. The van der Waals surface area contributed by atoms with E-state index in [1.807, 2.05) is 0 Å². The van der Waals surface area contributed by atoms with Gasteiger partial charge in [0.05, 0.1) is 11.1 Å². The summed E-state index contributed by atoms with van der Waals surface area (Å²) in [5.74, 6) is -3.14. The van der Waals surface area contributed by atoms with Crippen LogP contribution in [0.1, 0.15) is 33.6 Å². The molecule has 1 unspecified atom stereocenters. The van der Waals surface area contributed by atoms with E-state index >= 15 is 0 Å². The highest BCUT2D eigenvalue weighted by molar-refractivity contribution is 6.22. The molecule has 2 aromatic carbocycles. The number of fused-ring (bicyclic) bond motifs is 1. The Morgan fingerprint density at radius 2 is 1.52 bits per heavy atom. The van der Waals surface area contributed by atoms with Crippen molar-refractivity contribution in [3.05, 3.63) is 59.7 Å². The molecule has 0 bridgehead atoms. The highest BCUT2D eigenvalue weighted by atomic mass is 16.4. The first-order valence-electron chi connectivity index (χ1n) is 8.17. The van der Waals surface area contributed by atoms with Gasteiger partial charge in [-0.2, -0.15) is 0 Å². The van der Waals surface area contributed by atoms with Crippen molar-refractivity contribution in [3.8, 4) is 5.75 Å². The highest BCUT2D eigenvalue weighted by Crippen LogP contribution is 2.26. The summed E-state index contributed by atoms with van der Waals surface area (Å²) in [5.41, 5.74) is 0.745. The molecule has 0 saturated carbocycles. The molecule has 3 rings (SSSR count). The third-order valence-electron chi connectivity index (χ3n) is 4.22. The summed E-state index contributed by atoms with van der Waals surface area (Å²) in [6, 6.07) is 10.4. The number of benzene rings is 2. The van der Waals surface area contributed by atoms with E-state index in [0.29, 0.717) is 10.6 Å². The number of phenols is 1. The third-order valence-corrected chi connectivity index (χ3v) is 4.22. The molecule has 3 N–H and O–H groups in total. The van der Waals surface area contributed by atoms with E-state index in [1.165, 1.54) is 36.4 Å². The summed E-state index contributed by atoms with van der Waals surface area (Å²) in [6.45, 7) is 0. The minimum Gasteiger partial charge on any atom is -0.508 e. The predicted octanol–water partition coefficient (Wildman–Crippen LogP) is 1.86. The fraction of sp³-hybridized carbons (Fsp3) is 0.158. The molecule has 3 amide bonds. The first-order chi connectivity index (χ1) is 12.9. The standard InChI is InChI=1S/C19H16N2O6/c22-12-7-5-11(6-8-12)20-16(23)10-9-15(19(26)27)21-17(24)13-3-1-2-4-14(13)18(21)25/h1-8,15,22H,9-10H2,(H,20,23)(H,26,27). The van der Waals surface area contributed by atoms with Gasteiger partial charge in [0.1, 0.15) is 11.8 Å². The van der Waals surface area contributed by atoms with Gasteiger partial charge in [0, 0.05) is 12.1 Å². The van der Waals surface area contributed by atoms with Crippen LogP contribution in [0.25, 0.3) is 0 Å². The minimum atomic E-state index is -1.44. The number of anilines is 1. The van der Waals surface area contributed by atoms with Crippen molar-refractivity contribution in [2.75, 3.05) is 5.32 Å². The zero-order chi connectivity index (χ0) is 19.6. The molecule has 1 aliphatic heterocycles. The molecule has 1 atom stereocenters. The molecule has 1 heterocycles. The van der Waals surface area contributed by atoms with Crippen molar-refractivity contribution in [2.45, 2.75) is 18.9 Å². The van der Waals surface area contributed by atoms with Crippen LogP contribution in [0.15, 0.2) is 48.5 Å². The van der Waals surface area contributed by atoms with Gasteiger partial charge < -0.3 is 15.5 Å². The van der Waals surface area contributed by atoms with Gasteiger partial charge in [-0.3, -0.25) is 19.3 Å². The van der Waals surface area contributed by atoms with E-state index in [9.17, 15) is 29.4 Å². The van der Waals surface area contributed by atoms with Crippen LogP contribution in [0.3, 0.4) is 0 Å². The number of aromatic hydroxyl groups is 1. The van der Waals surface area contributed by atoms with Crippen molar-refractivity contribution >= 4 is 29.4 Å². The quantitative estimate of drug-likeness (QED) is 0.528. The summed E-state index contributed by atoms with van der Waals surface area (Å²) in [5, 5.41) is 21.3. The lowest BCUT2D eigenvalue weighted by atomic mass is 10.1. The number of rotatable bonds is 6. The lowest BCUT2D eigenvalue weighted by molar-refractivity contribution is -0.141. The molecule has 2 aromatic rings. The van der Waals surface area contributed by atoms with E-state index in [2.05, 4.69) is 5.32 Å². The molecule has 0 aromatic heterocycles. The average Bonchev–Trinajstić information content (AvgIpc) is 2.89. The maximum Gasteiger partial charge on any atom is 0.326 e. The Hall–Kier alpha value is -3.68. The van der Waals surface area contributed by atoms with Gasteiger partial charge in [0.25, 0.3) is 11.8 Å². The number of nitrogens with zero attached hydrogens (tertiary/aromatic N) is 1. The second-order valence-corrected chi connectivity index (χ2v) is 6.01. The maximum absolute atomic E-state index is 12.4. The Bertz CT molecular complexity index is 887. The number of carboxylic acids is 1. The molecule has 0 radical (unpaired) electrons. The van der Waals surface area contributed by atoms with Gasteiger partial charge in [0.15, 0.2) is 0 Å². The first kappa shape index (κ1) is 18.1. The van der Waals surface area contributed by atoms with E-state index < -0.39 is 29.7 Å². The van der Waals surface area contributed by atoms with Gasteiger partial charge in [0.2, 0.25) is 5.91 Å². The van der Waals surface area contributed by atoms with Gasteiger partial charge >= 0.3 is 5.97 Å². The largest absolute Gasteiger partial charge is 0.508 e. The smallest absolute Gasteiger partial charge is 0.326 e. The molecular formula is C19H16N2O6. The van der Waals surface area contributed by atoms with E-state index in [-0.39, 0.29) is 29.7 Å². The number of hydrogen-bond acceptors (Lipinski definition) is 5. The number of amides is 3. The highest BCUT2D eigenvalue weighted by Gasteiger charge is 2.42. The SMILES string of the molecule is O=C(CCC(C(=O)O)N1C(=O)c2ccccc2C1=O)Nc1ccc(O)cc1. The molecule has 8 nitrogen and oxygen atoms in total. The maximum atomic E-state index is 12.4. The van der Waals surface area contributed by atoms with Crippen molar-refractivity contribution < 1.29 is 29.4 Å². The van der Waals surface area contributed by atoms with Gasteiger partial charge in [-0.1, -0.05) is 12.1 Å². The van der Waals surface area contributed by atoms with Gasteiger partial charge in [-0.25, -0.2) is 4.79 Å². The fourth-order valence-corrected chi connectivity index (χ4v) is 2.89. The van der Waals surface area contributed by atoms with E-state index in [0.717, 1.165) is 0 Å². The fourth-order valence-electron chi connectivity index (χ4n) is 2.89. The summed E-state index contributed by atoms with van der Waals surface area (Å²) in [6.07, 6.45) is -0.421. The summed E-state index contributed by atoms with van der Waals surface area (Å²) in [4.78, 5) is 49.3. The number of imide groups is 1. The summed E-state index contributed by atoms with van der Waals surface area (Å²) >= 11 is 0. The molecule has 8 heteroatoms. The van der Waals surface area contributed by atoms with Crippen LogP contribution in [0, 0.1) is 0 Å². The molecule has 0 saturated heterocycles. The summed E-state index contributed by atoms with van der Waals surface area (Å²) < 4.78 is 0. The molecule has 27 heavy (non-hydrogen) atoms. The van der Waals surface area contributed by atoms with Crippen LogP contribution in [-0.2, 0) is 9.59 Å². The van der Waals surface area contributed by atoms with Gasteiger partial charge in [-0.15, -0.1) is 0 Å². The van der Waals surface area contributed by atoms with Crippen LogP contribution in [0.4, 0.5) is 5.69 Å². The molecule has 0 spiro atoms. The zero-order valence-corrected chi connectivity index (χ0v) is 14.1. The molecule has 0 aliphatic carbocycles. The van der Waals surface area contributed by atoms with Crippen molar-refractivity contribution in [1.29, 1.82) is 0 Å². The van der Waals surface area contributed by atoms with Crippen molar-refractivity contribution in [2.24, 2.45) is 0 Å². The van der Waals surface area contributed by atoms with Crippen LogP contribution < -0.4 is 5.32 Å². The average molecular weight is 368 g/mol. The number of carbonyl (C=O) groups excluding carboxylic acids is 3. The molecule has 1 aliphatic rings. The minimum absolute atomic E-state index is 0.0459. The molecule has 0 fully saturated rings. The van der Waals surface area contributed by atoms with Crippen LogP contribution in [-0.4, -0.2) is 44.8 Å². The topological polar surface area (TPSA) is 124 Å². The predicted molar refractivity (Wildman–Crippen MR) is 94.3 cm³/mol. The lowest BCUT2D eigenvalue weighted by Gasteiger charge is -2.22. The summed E-state index contributed by atoms with van der Waals surface area (Å²) in [7, 11) is 0. The normalized spacial score (nSPS) is 14.0. The second kappa shape index (κ2) is 7.28. The van der Waals surface area contributed by atoms with Crippen LogP contribution in [0.5, 0.6) is 5.75 Å². The van der Waals surface area contributed by atoms with E-state index in [4.69, 9.17) is 0 Å². The van der Waals surface area contributed by atoms with Crippen molar-refractivity contribution in [1.82, 2.24) is 4.90 Å². The first-order valence-corrected chi connectivity index (χ1v) is 8.17. The van der Waals surface area contributed by atoms with Crippen molar-refractivity contribution in [3.63, 3.8) is 0 Å². The van der Waals surface area contributed by atoms with Crippen LogP contribution >= 0.6 is 0 Å². The molecular weight excluding hydrogens is 352 g/mol. The lowest BCUT2D eigenvalue weighted by Crippen LogP contribution is -2.45. The van der Waals surface area contributed by atoms with Gasteiger partial charge in [-0.05, 0) is 42.8 Å². The Labute approximate surface area is 154 Å². The number of carbonyl (C=O) groups is 4. The Kier molecular flexibility index (Phi) is 4.89. The Morgan fingerprint density at radius 3 is 2.04 bits per heavy atom. The second-order valence-electron chi connectivity index (χ2n) is 6.01. The monoisotopic (exact) mass is 368 g/mol. The zero-order valence-electron chi connectivity index (χ0n) is 14.1. The Balaban J connectivity index is 1.69. The third kappa shape index (κ3) is 3.64. The van der Waals surface area contributed by atoms with Crippen LogP contribution in [0.2, 0.25) is 0 Å². The number of phenolic OH excluding ortho intramolecular Hbond substituents is 1. The van der Waals surface area contributed by atoms with E-state index in [1.54, 1.807) is 12.1 Å². The number of carboxylic acid groups (broad SMARTS) is 1. The Morgan fingerprint density at radius 1 is 0.963 bits per heavy atom. The number of aliphatic carboxylic acids is 1. The molecule has 138 valence electrons. The number of nitrogens with one attached hydrogen (secondary N) is 1.